The van der Waals surface area contributed by atoms with Crippen LogP contribution >= 0.6 is 0 Å². The maximum atomic E-state index is 4.67. The van der Waals surface area contributed by atoms with Crippen LogP contribution in [0.3, 0.4) is 0 Å². The second-order valence-corrected chi connectivity index (χ2v) is 6.21. The molecule has 2 aromatic heterocycles. The average Bonchev–Trinajstić information content (AvgIpc) is 2.92. The van der Waals surface area contributed by atoms with Crippen molar-refractivity contribution in [1.29, 1.82) is 0 Å². The highest BCUT2D eigenvalue weighted by atomic mass is 15.4. The van der Waals surface area contributed by atoms with Crippen LogP contribution in [0.5, 0.6) is 0 Å². The van der Waals surface area contributed by atoms with Gasteiger partial charge in [-0.3, -0.25) is 9.58 Å². The fourth-order valence-electron chi connectivity index (χ4n) is 2.71. The van der Waals surface area contributed by atoms with Crippen LogP contribution in [0.1, 0.15) is 11.4 Å². The lowest BCUT2D eigenvalue weighted by Crippen LogP contribution is -2.46. The number of hydrogen-bond donors (Lipinski definition) is 0. The highest BCUT2D eigenvalue weighted by molar-refractivity contribution is 5.45. The Bertz CT molecular complexity index is 657. The van der Waals surface area contributed by atoms with Gasteiger partial charge < -0.3 is 9.80 Å². The first-order valence-electron chi connectivity index (χ1n) is 7.87. The second kappa shape index (κ2) is 6.49. The molecule has 8 heteroatoms. The van der Waals surface area contributed by atoms with E-state index in [1.54, 1.807) is 4.68 Å². The molecule has 1 saturated heterocycles. The van der Waals surface area contributed by atoms with Crippen molar-refractivity contribution in [2.24, 2.45) is 7.05 Å². The molecule has 124 valence electrons. The van der Waals surface area contributed by atoms with Gasteiger partial charge in [-0.05, 0) is 6.92 Å². The molecular weight excluding hydrogens is 292 g/mol. The number of rotatable bonds is 4. The predicted octanol–water partition coefficient (Wildman–Crippen LogP) is 0.302. The van der Waals surface area contributed by atoms with Gasteiger partial charge in [0, 0.05) is 71.8 Å². The van der Waals surface area contributed by atoms with Gasteiger partial charge in [0.05, 0.1) is 5.69 Å². The van der Waals surface area contributed by atoms with Crippen molar-refractivity contribution in [2.45, 2.75) is 13.5 Å². The number of anilines is 2. The highest BCUT2D eigenvalue weighted by Gasteiger charge is 2.20. The molecule has 1 aliphatic heterocycles. The zero-order valence-corrected chi connectivity index (χ0v) is 14.3. The van der Waals surface area contributed by atoms with E-state index in [1.165, 1.54) is 0 Å². The molecule has 1 aliphatic rings. The Kier molecular flexibility index (Phi) is 4.42. The Morgan fingerprint density at radius 3 is 2.48 bits per heavy atom. The van der Waals surface area contributed by atoms with Crippen molar-refractivity contribution >= 4 is 11.8 Å². The molecule has 0 amide bonds. The maximum absolute atomic E-state index is 4.67. The summed E-state index contributed by atoms with van der Waals surface area (Å²) in [6, 6.07) is 2.01. The summed E-state index contributed by atoms with van der Waals surface area (Å²) in [7, 11) is 5.90. The van der Waals surface area contributed by atoms with Crippen LogP contribution < -0.4 is 9.80 Å². The van der Waals surface area contributed by atoms with E-state index in [0.29, 0.717) is 0 Å². The molecule has 0 atom stereocenters. The van der Waals surface area contributed by atoms with Gasteiger partial charge in [0.1, 0.15) is 5.82 Å². The smallest absolute Gasteiger partial charge is 0.227 e. The molecule has 0 saturated carbocycles. The Balaban J connectivity index is 1.62. The molecule has 0 aliphatic carbocycles. The maximum Gasteiger partial charge on any atom is 0.227 e. The molecule has 0 spiro atoms. The van der Waals surface area contributed by atoms with Crippen LogP contribution in [0, 0.1) is 6.92 Å². The first kappa shape index (κ1) is 15.7. The number of aryl methyl sites for hydroxylation is 2. The lowest BCUT2D eigenvalue weighted by atomic mass is 10.3. The van der Waals surface area contributed by atoms with E-state index >= 15 is 0 Å². The SMILES string of the molecule is Cc1cc(N(C)C)nc(N2CCN(Cc3cn(C)nn3)CC2)n1. The van der Waals surface area contributed by atoms with Gasteiger partial charge in [-0.25, -0.2) is 4.98 Å². The van der Waals surface area contributed by atoms with Gasteiger partial charge in [0.25, 0.3) is 0 Å². The summed E-state index contributed by atoms with van der Waals surface area (Å²) in [6.07, 6.45) is 1.97. The van der Waals surface area contributed by atoms with Crippen LogP contribution in [0.2, 0.25) is 0 Å². The van der Waals surface area contributed by atoms with Crippen LogP contribution in [-0.4, -0.2) is 70.1 Å². The summed E-state index contributed by atoms with van der Waals surface area (Å²) >= 11 is 0. The first-order chi connectivity index (χ1) is 11.0. The van der Waals surface area contributed by atoms with Crippen molar-refractivity contribution < 1.29 is 0 Å². The third-order valence-corrected chi connectivity index (χ3v) is 3.98. The number of nitrogens with zero attached hydrogens (tertiary/aromatic N) is 8. The van der Waals surface area contributed by atoms with E-state index in [0.717, 1.165) is 55.9 Å². The van der Waals surface area contributed by atoms with Gasteiger partial charge in [-0.15, -0.1) is 5.10 Å². The minimum absolute atomic E-state index is 0.827. The molecule has 2 aromatic rings. The molecule has 0 bridgehead atoms. The van der Waals surface area contributed by atoms with Crippen LogP contribution in [-0.2, 0) is 13.6 Å². The van der Waals surface area contributed by atoms with Gasteiger partial charge in [0.2, 0.25) is 5.95 Å². The largest absolute Gasteiger partial charge is 0.363 e. The van der Waals surface area contributed by atoms with Crippen molar-refractivity contribution in [1.82, 2.24) is 29.9 Å². The zero-order valence-electron chi connectivity index (χ0n) is 14.3. The quantitative estimate of drug-likeness (QED) is 0.804. The van der Waals surface area contributed by atoms with Crippen LogP contribution in [0.15, 0.2) is 12.3 Å². The summed E-state index contributed by atoms with van der Waals surface area (Å²) < 4.78 is 1.74. The fraction of sp³-hybridized carbons (Fsp3) is 0.600. The van der Waals surface area contributed by atoms with E-state index in [9.17, 15) is 0 Å². The van der Waals surface area contributed by atoms with Crippen molar-refractivity contribution in [2.75, 3.05) is 50.1 Å². The standard InChI is InChI=1S/C15H24N8/c1-12-9-14(20(2)3)17-15(16-12)23-7-5-22(6-8-23)11-13-10-21(4)19-18-13/h9-10H,5-8,11H2,1-4H3. The summed E-state index contributed by atoms with van der Waals surface area (Å²) in [5, 5.41) is 8.14. The van der Waals surface area contributed by atoms with Crippen LogP contribution in [0.4, 0.5) is 11.8 Å². The third kappa shape index (κ3) is 3.76. The predicted molar refractivity (Wildman–Crippen MR) is 89.6 cm³/mol. The average molecular weight is 316 g/mol. The first-order valence-corrected chi connectivity index (χ1v) is 7.87. The summed E-state index contributed by atoms with van der Waals surface area (Å²) in [4.78, 5) is 15.9. The number of hydrogen-bond acceptors (Lipinski definition) is 7. The second-order valence-electron chi connectivity index (χ2n) is 6.21. The molecule has 0 aromatic carbocycles. The topological polar surface area (TPSA) is 66.2 Å². The molecular formula is C15H24N8. The molecule has 8 nitrogen and oxygen atoms in total. The Morgan fingerprint density at radius 1 is 1.13 bits per heavy atom. The molecule has 0 radical (unpaired) electrons. The molecule has 3 heterocycles. The van der Waals surface area contributed by atoms with Gasteiger partial charge in [0.15, 0.2) is 0 Å². The fourth-order valence-corrected chi connectivity index (χ4v) is 2.71. The summed E-state index contributed by atoms with van der Waals surface area (Å²) in [6.45, 7) is 6.67. The van der Waals surface area contributed by atoms with Crippen molar-refractivity contribution in [3.05, 3.63) is 23.7 Å². The molecule has 0 unspecified atom stereocenters. The minimum atomic E-state index is 0.827. The Labute approximate surface area is 136 Å². The molecule has 0 N–H and O–H groups in total. The minimum Gasteiger partial charge on any atom is -0.363 e. The van der Waals surface area contributed by atoms with Gasteiger partial charge >= 0.3 is 0 Å². The lowest BCUT2D eigenvalue weighted by Gasteiger charge is -2.34. The summed E-state index contributed by atoms with van der Waals surface area (Å²) in [5.74, 6) is 1.78. The normalized spacial score (nSPS) is 15.9. The van der Waals surface area contributed by atoms with E-state index in [4.69, 9.17) is 0 Å². The van der Waals surface area contributed by atoms with Gasteiger partial charge in [-0.2, -0.15) is 4.98 Å². The lowest BCUT2D eigenvalue weighted by molar-refractivity contribution is 0.246. The summed E-state index contributed by atoms with van der Waals surface area (Å²) in [5.41, 5.74) is 2.02. The highest BCUT2D eigenvalue weighted by Crippen LogP contribution is 2.17. The molecule has 1 fully saturated rings. The molecule has 3 rings (SSSR count). The van der Waals surface area contributed by atoms with Crippen molar-refractivity contribution in [3.63, 3.8) is 0 Å². The van der Waals surface area contributed by atoms with E-state index < -0.39 is 0 Å². The van der Waals surface area contributed by atoms with E-state index in [-0.39, 0.29) is 0 Å². The zero-order chi connectivity index (χ0) is 16.4. The third-order valence-electron chi connectivity index (χ3n) is 3.98. The van der Waals surface area contributed by atoms with E-state index in [1.807, 2.05) is 45.2 Å². The Morgan fingerprint density at radius 2 is 1.87 bits per heavy atom. The number of aromatic nitrogens is 5. The van der Waals surface area contributed by atoms with E-state index in [2.05, 4.69) is 30.1 Å². The van der Waals surface area contributed by atoms with Crippen molar-refractivity contribution in [3.8, 4) is 0 Å². The van der Waals surface area contributed by atoms with Gasteiger partial charge in [-0.1, -0.05) is 5.21 Å². The Hall–Kier alpha value is -2.22. The molecule has 23 heavy (non-hydrogen) atoms. The number of piperazine rings is 1. The van der Waals surface area contributed by atoms with Crippen LogP contribution in [0.25, 0.3) is 0 Å². The monoisotopic (exact) mass is 316 g/mol.